The highest BCUT2D eigenvalue weighted by Crippen LogP contribution is 2.28. The smallest absolute Gasteiger partial charge is 0.210 e. The summed E-state index contributed by atoms with van der Waals surface area (Å²) in [6.07, 6.45) is 1.17. The van der Waals surface area contributed by atoms with Gasteiger partial charge in [0, 0.05) is 11.1 Å². The summed E-state index contributed by atoms with van der Waals surface area (Å²) < 4.78 is 24.9. The molecule has 0 amide bonds. The summed E-state index contributed by atoms with van der Waals surface area (Å²) in [5, 5.41) is 0. The van der Waals surface area contributed by atoms with Gasteiger partial charge in [-0.25, -0.2) is 8.42 Å². The number of hydrogen-bond acceptors (Lipinski definition) is 4. The van der Waals surface area contributed by atoms with Gasteiger partial charge in [-0.2, -0.15) is 0 Å². The molecule has 0 saturated carbocycles. The lowest BCUT2D eigenvalue weighted by Crippen LogP contribution is -2.23. The minimum Gasteiger partial charge on any atom is -0.290 e. The molecular formula is C14H12O4S. The molecule has 0 aromatic heterocycles. The van der Waals surface area contributed by atoms with Gasteiger partial charge in [-0.15, -0.1) is 0 Å². The number of benzene rings is 1. The van der Waals surface area contributed by atoms with Crippen molar-refractivity contribution in [1.82, 2.24) is 0 Å². The van der Waals surface area contributed by atoms with Crippen LogP contribution < -0.4 is 0 Å². The van der Waals surface area contributed by atoms with Crippen molar-refractivity contribution in [3.63, 3.8) is 0 Å². The Morgan fingerprint density at radius 3 is 2.11 bits per heavy atom. The first-order chi connectivity index (χ1) is 8.85. The van der Waals surface area contributed by atoms with Crippen molar-refractivity contribution in [2.24, 2.45) is 0 Å². The molecular weight excluding hydrogens is 264 g/mol. The highest BCUT2D eigenvalue weighted by Gasteiger charge is 2.34. The van der Waals surface area contributed by atoms with Crippen LogP contribution in [0, 0.1) is 0 Å². The second-order valence-corrected chi connectivity index (χ2v) is 6.18. The molecule has 4 nitrogen and oxygen atoms in total. The zero-order chi connectivity index (χ0) is 14.2. The molecule has 0 saturated heterocycles. The van der Waals surface area contributed by atoms with Gasteiger partial charge in [0.1, 0.15) is 4.91 Å². The maximum Gasteiger partial charge on any atom is 0.210 e. The van der Waals surface area contributed by atoms with Crippen molar-refractivity contribution in [2.75, 3.05) is 0 Å². The van der Waals surface area contributed by atoms with Gasteiger partial charge < -0.3 is 0 Å². The van der Waals surface area contributed by atoms with E-state index in [1.165, 1.54) is 32.1 Å². The molecule has 19 heavy (non-hydrogen) atoms. The molecule has 98 valence electrons. The molecule has 0 aliphatic heterocycles. The molecule has 1 aliphatic rings. The van der Waals surface area contributed by atoms with Gasteiger partial charge in [0.05, 0.1) is 4.90 Å². The Morgan fingerprint density at radius 2 is 1.53 bits per heavy atom. The predicted molar refractivity (Wildman–Crippen MR) is 70.1 cm³/mol. The van der Waals surface area contributed by atoms with Gasteiger partial charge in [0.2, 0.25) is 15.6 Å². The molecule has 2 rings (SSSR count). The summed E-state index contributed by atoms with van der Waals surface area (Å²) in [5.74, 6) is -1.05. The Balaban J connectivity index is 2.68. The van der Waals surface area contributed by atoms with Crippen molar-refractivity contribution in [1.29, 1.82) is 0 Å². The second kappa shape index (κ2) is 4.59. The highest BCUT2D eigenvalue weighted by atomic mass is 32.2. The van der Waals surface area contributed by atoms with Crippen molar-refractivity contribution in [2.45, 2.75) is 18.7 Å². The fourth-order valence-corrected chi connectivity index (χ4v) is 3.53. The van der Waals surface area contributed by atoms with E-state index in [0.717, 1.165) is 0 Å². The van der Waals surface area contributed by atoms with Gasteiger partial charge in [-0.1, -0.05) is 18.2 Å². The van der Waals surface area contributed by atoms with Crippen molar-refractivity contribution >= 4 is 21.4 Å². The number of sulfone groups is 1. The summed E-state index contributed by atoms with van der Waals surface area (Å²) in [6, 6.07) is 7.63. The Morgan fingerprint density at radius 1 is 0.947 bits per heavy atom. The van der Waals surface area contributed by atoms with Crippen LogP contribution in [0.2, 0.25) is 0 Å². The molecule has 1 aromatic carbocycles. The maximum atomic E-state index is 12.4. The van der Waals surface area contributed by atoms with E-state index in [9.17, 15) is 18.0 Å². The van der Waals surface area contributed by atoms with Crippen LogP contribution in [0.15, 0.2) is 57.4 Å². The van der Waals surface area contributed by atoms with Crippen LogP contribution in [0.4, 0.5) is 0 Å². The Kier molecular flexibility index (Phi) is 3.24. The van der Waals surface area contributed by atoms with E-state index in [4.69, 9.17) is 0 Å². The Labute approximate surface area is 111 Å². The maximum absolute atomic E-state index is 12.4. The number of carbonyl (C=O) groups excluding carboxylic acids is 2. The topological polar surface area (TPSA) is 68.3 Å². The summed E-state index contributed by atoms with van der Waals surface area (Å²) in [4.78, 5) is 23.3. The van der Waals surface area contributed by atoms with E-state index < -0.39 is 26.3 Å². The molecule has 0 unspecified atom stereocenters. The Hall–Kier alpha value is -2.01. The van der Waals surface area contributed by atoms with E-state index in [1.54, 1.807) is 18.2 Å². The quantitative estimate of drug-likeness (QED) is 0.773. The van der Waals surface area contributed by atoms with E-state index in [0.29, 0.717) is 0 Å². The van der Waals surface area contributed by atoms with Gasteiger partial charge in [0.15, 0.2) is 5.78 Å². The third-order valence-corrected chi connectivity index (χ3v) is 4.87. The van der Waals surface area contributed by atoms with Crippen LogP contribution in [0.1, 0.15) is 13.8 Å². The van der Waals surface area contributed by atoms with Crippen LogP contribution >= 0.6 is 0 Å². The number of hydrogen-bond donors (Lipinski definition) is 0. The second-order valence-electron chi connectivity index (χ2n) is 4.29. The van der Waals surface area contributed by atoms with Crippen molar-refractivity contribution in [3.8, 4) is 0 Å². The number of ketones is 2. The minimum atomic E-state index is -3.96. The monoisotopic (exact) mass is 276 g/mol. The predicted octanol–water partition coefficient (Wildman–Crippen LogP) is 1.83. The molecule has 1 aliphatic carbocycles. The Bertz CT molecular complexity index is 722. The van der Waals surface area contributed by atoms with E-state index in [-0.39, 0.29) is 16.0 Å². The molecule has 0 N–H and O–H groups in total. The minimum absolute atomic E-state index is 0.0141. The van der Waals surface area contributed by atoms with E-state index in [2.05, 4.69) is 0 Å². The molecule has 0 atom stereocenters. The molecule has 0 radical (unpaired) electrons. The van der Waals surface area contributed by atoms with Crippen molar-refractivity contribution < 1.29 is 18.0 Å². The normalized spacial score (nSPS) is 16.6. The van der Waals surface area contributed by atoms with Gasteiger partial charge in [-0.05, 0) is 32.1 Å². The zero-order valence-electron chi connectivity index (χ0n) is 10.5. The first-order valence-corrected chi connectivity index (χ1v) is 7.12. The van der Waals surface area contributed by atoms with Gasteiger partial charge >= 0.3 is 0 Å². The molecule has 1 aromatic rings. The lowest BCUT2D eigenvalue weighted by molar-refractivity contribution is -0.115. The number of Topliss-reactive ketones (excluding diaryl/α,β-unsaturated/α-hetero) is 1. The summed E-state index contributed by atoms with van der Waals surface area (Å²) in [7, 11) is -3.96. The lowest BCUT2D eigenvalue weighted by atomic mass is 9.99. The third-order valence-electron chi connectivity index (χ3n) is 2.94. The molecule has 5 heteroatoms. The number of rotatable bonds is 2. The first-order valence-electron chi connectivity index (χ1n) is 5.64. The van der Waals surface area contributed by atoms with Crippen LogP contribution in [0.5, 0.6) is 0 Å². The number of carbonyl (C=O) groups is 2. The zero-order valence-corrected chi connectivity index (χ0v) is 11.3. The van der Waals surface area contributed by atoms with Gasteiger partial charge in [-0.3, -0.25) is 9.59 Å². The molecule has 0 heterocycles. The molecule has 0 fully saturated rings. The molecule has 0 spiro atoms. The largest absolute Gasteiger partial charge is 0.290 e. The number of allylic oxidation sites excluding steroid dienone is 4. The van der Waals surface area contributed by atoms with Gasteiger partial charge in [0.25, 0.3) is 0 Å². The van der Waals surface area contributed by atoms with E-state index in [1.807, 2.05) is 0 Å². The summed E-state index contributed by atoms with van der Waals surface area (Å²) in [5.41, 5.74) is 0.115. The van der Waals surface area contributed by atoms with Crippen LogP contribution in [0.25, 0.3) is 0 Å². The average molecular weight is 276 g/mol. The standard InChI is InChI=1S/C14H12O4S/c1-9-8-12(15)10(2)14(13(9)16)19(17,18)11-6-4-3-5-7-11/h3-8H,1-2H3. The average Bonchev–Trinajstić information content (AvgIpc) is 2.37. The van der Waals surface area contributed by atoms with Crippen molar-refractivity contribution in [3.05, 3.63) is 52.5 Å². The SMILES string of the molecule is CC1=CC(=O)C(C)=C(S(=O)(=O)c2ccccc2)C1=O. The summed E-state index contributed by atoms with van der Waals surface area (Å²) >= 11 is 0. The van der Waals surface area contributed by atoms with E-state index >= 15 is 0 Å². The highest BCUT2D eigenvalue weighted by molar-refractivity contribution is 7.96. The lowest BCUT2D eigenvalue weighted by Gasteiger charge is -2.15. The van der Waals surface area contributed by atoms with Crippen LogP contribution in [0.3, 0.4) is 0 Å². The van der Waals surface area contributed by atoms with Crippen LogP contribution in [-0.4, -0.2) is 20.0 Å². The summed E-state index contributed by atoms with van der Waals surface area (Å²) in [6.45, 7) is 2.80. The molecule has 0 bridgehead atoms. The first kappa shape index (κ1) is 13.4. The third kappa shape index (κ3) is 2.17. The fraction of sp³-hybridized carbons (Fsp3) is 0.143. The fourth-order valence-electron chi connectivity index (χ4n) is 1.87. The van der Waals surface area contributed by atoms with Crippen LogP contribution in [-0.2, 0) is 19.4 Å².